The van der Waals surface area contributed by atoms with Gasteiger partial charge in [-0.1, -0.05) is 6.07 Å². The molecule has 0 aliphatic heterocycles. The van der Waals surface area contributed by atoms with E-state index in [-0.39, 0.29) is 5.75 Å². The Balaban J connectivity index is 2.79. The molecule has 0 radical (unpaired) electrons. The van der Waals surface area contributed by atoms with Crippen molar-refractivity contribution in [2.24, 2.45) is 5.73 Å². The fourth-order valence-corrected chi connectivity index (χ4v) is 2.65. The third kappa shape index (κ3) is 4.54. The van der Waals surface area contributed by atoms with Crippen molar-refractivity contribution >= 4 is 9.84 Å². The topological polar surface area (TPSA) is 78.6 Å². The van der Waals surface area contributed by atoms with Crippen LogP contribution >= 0.6 is 0 Å². The van der Waals surface area contributed by atoms with E-state index in [9.17, 15) is 8.42 Å². The van der Waals surface area contributed by atoms with Crippen molar-refractivity contribution in [3.63, 3.8) is 0 Å². The van der Waals surface area contributed by atoms with E-state index in [1.807, 2.05) is 6.07 Å². The molecule has 0 heterocycles. The molecule has 0 saturated carbocycles. The van der Waals surface area contributed by atoms with Gasteiger partial charge in [0.15, 0.2) is 11.5 Å². The lowest BCUT2D eigenvalue weighted by molar-refractivity contribution is 0.354. The van der Waals surface area contributed by atoms with Gasteiger partial charge < -0.3 is 15.2 Å². The van der Waals surface area contributed by atoms with E-state index in [4.69, 9.17) is 15.2 Å². The van der Waals surface area contributed by atoms with Crippen molar-refractivity contribution in [3.05, 3.63) is 23.8 Å². The van der Waals surface area contributed by atoms with Crippen LogP contribution in [0.5, 0.6) is 11.5 Å². The van der Waals surface area contributed by atoms with Crippen LogP contribution in [0, 0.1) is 0 Å². The highest BCUT2D eigenvalue weighted by Crippen LogP contribution is 2.27. The quantitative estimate of drug-likeness (QED) is 0.822. The molecule has 1 aromatic carbocycles. The highest BCUT2D eigenvalue weighted by Gasteiger charge is 2.13. The first-order valence-corrected chi connectivity index (χ1v) is 7.56. The van der Waals surface area contributed by atoms with E-state index in [0.717, 1.165) is 5.56 Å². The summed E-state index contributed by atoms with van der Waals surface area (Å²) in [5.74, 6) is 1.22. The van der Waals surface area contributed by atoms with E-state index < -0.39 is 15.9 Å². The molecule has 1 unspecified atom stereocenters. The Morgan fingerprint density at radius 1 is 1.22 bits per heavy atom. The van der Waals surface area contributed by atoms with Crippen LogP contribution in [0.15, 0.2) is 18.2 Å². The van der Waals surface area contributed by atoms with E-state index in [2.05, 4.69) is 0 Å². The van der Waals surface area contributed by atoms with Crippen molar-refractivity contribution in [2.75, 3.05) is 26.2 Å². The van der Waals surface area contributed by atoms with Gasteiger partial charge >= 0.3 is 0 Å². The molecule has 0 aliphatic rings. The summed E-state index contributed by atoms with van der Waals surface area (Å²) in [4.78, 5) is 0. The first-order chi connectivity index (χ1) is 8.35. The lowest BCUT2D eigenvalue weighted by Gasteiger charge is -2.13. The van der Waals surface area contributed by atoms with E-state index in [1.54, 1.807) is 26.4 Å². The van der Waals surface area contributed by atoms with Crippen LogP contribution in [0.3, 0.4) is 0 Å². The molecule has 0 spiro atoms. The molecule has 1 aromatic rings. The van der Waals surface area contributed by atoms with Gasteiger partial charge in [0.25, 0.3) is 0 Å². The van der Waals surface area contributed by atoms with Crippen LogP contribution in [0.2, 0.25) is 0 Å². The predicted molar refractivity (Wildman–Crippen MR) is 70.9 cm³/mol. The van der Waals surface area contributed by atoms with E-state index in [0.29, 0.717) is 17.9 Å². The van der Waals surface area contributed by atoms with Crippen LogP contribution in [-0.4, -0.2) is 40.7 Å². The fourth-order valence-electron chi connectivity index (χ4n) is 1.76. The Kier molecular flexibility index (Phi) is 4.98. The van der Waals surface area contributed by atoms with Gasteiger partial charge in [-0.05, 0) is 24.1 Å². The Bertz CT molecular complexity index is 499. The fraction of sp³-hybridized carbons (Fsp3) is 0.500. The monoisotopic (exact) mass is 273 g/mol. The zero-order valence-electron chi connectivity index (χ0n) is 10.8. The summed E-state index contributed by atoms with van der Waals surface area (Å²) in [6, 6.07) is 5.02. The highest BCUT2D eigenvalue weighted by atomic mass is 32.2. The first kappa shape index (κ1) is 14.8. The van der Waals surface area contributed by atoms with E-state index in [1.165, 1.54) is 6.26 Å². The molecule has 18 heavy (non-hydrogen) atoms. The van der Waals surface area contributed by atoms with Crippen molar-refractivity contribution < 1.29 is 17.9 Å². The molecular formula is C12H19NO4S. The van der Waals surface area contributed by atoms with Crippen LogP contribution in [0.4, 0.5) is 0 Å². The van der Waals surface area contributed by atoms with Crippen molar-refractivity contribution in [3.8, 4) is 11.5 Å². The summed E-state index contributed by atoms with van der Waals surface area (Å²) >= 11 is 0. The molecule has 1 rings (SSSR count). The molecule has 0 saturated heterocycles. The lowest BCUT2D eigenvalue weighted by atomic mass is 10.1. The minimum absolute atomic E-state index is 0.0264. The number of rotatable bonds is 6. The molecule has 0 aromatic heterocycles. The van der Waals surface area contributed by atoms with Crippen molar-refractivity contribution in [1.82, 2.24) is 0 Å². The van der Waals surface area contributed by atoms with Gasteiger partial charge in [-0.2, -0.15) is 0 Å². The molecular weight excluding hydrogens is 254 g/mol. The summed E-state index contributed by atoms with van der Waals surface area (Å²) in [5.41, 5.74) is 6.72. The zero-order valence-corrected chi connectivity index (χ0v) is 11.7. The number of ether oxygens (including phenoxy) is 2. The Morgan fingerprint density at radius 2 is 1.83 bits per heavy atom. The van der Waals surface area contributed by atoms with Crippen molar-refractivity contribution in [1.29, 1.82) is 0 Å². The largest absolute Gasteiger partial charge is 0.493 e. The number of nitrogens with two attached hydrogens (primary N) is 1. The number of methoxy groups -OCH3 is 2. The third-order valence-corrected chi connectivity index (χ3v) is 3.50. The summed E-state index contributed by atoms with van der Waals surface area (Å²) in [7, 11) is 0.0631. The van der Waals surface area contributed by atoms with Crippen LogP contribution in [0.1, 0.15) is 5.56 Å². The van der Waals surface area contributed by atoms with Gasteiger partial charge in [-0.3, -0.25) is 0 Å². The van der Waals surface area contributed by atoms with Crippen LogP contribution in [0.25, 0.3) is 0 Å². The lowest BCUT2D eigenvalue weighted by Crippen LogP contribution is -2.31. The Labute approximate surface area is 108 Å². The number of hydrogen-bond donors (Lipinski definition) is 1. The molecule has 0 bridgehead atoms. The van der Waals surface area contributed by atoms with Gasteiger partial charge in [0.1, 0.15) is 9.84 Å². The molecule has 0 fully saturated rings. The summed E-state index contributed by atoms with van der Waals surface area (Å²) in [6.45, 7) is 0. The van der Waals surface area contributed by atoms with Gasteiger partial charge in [0.05, 0.1) is 20.0 Å². The van der Waals surface area contributed by atoms with Crippen molar-refractivity contribution in [2.45, 2.75) is 12.5 Å². The summed E-state index contributed by atoms with van der Waals surface area (Å²) in [6.07, 6.45) is 1.66. The normalized spacial score (nSPS) is 13.1. The zero-order chi connectivity index (χ0) is 13.8. The Morgan fingerprint density at radius 3 is 2.33 bits per heavy atom. The number of benzene rings is 1. The predicted octanol–water partition coefficient (Wildman–Crippen LogP) is 0.618. The second-order valence-electron chi connectivity index (χ2n) is 4.25. The first-order valence-electron chi connectivity index (χ1n) is 5.50. The second kappa shape index (κ2) is 6.06. The number of hydrogen-bond acceptors (Lipinski definition) is 5. The van der Waals surface area contributed by atoms with Gasteiger partial charge in [-0.15, -0.1) is 0 Å². The maximum atomic E-state index is 11.1. The maximum absolute atomic E-state index is 11.1. The second-order valence-corrected chi connectivity index (χ2v) is 6.43. The minimum atomic E-state index is -3.05. The standard InChI is InChI=1S/C12H19NO4S/c1-16-11-5-4-9(7-12(11)17-2)6-10(13)8-18(3,14)15/h4-5,7,10H,6,8,13H2,1-3H3. The highest BCUT2D eigenvalue weighted by molar-refractivity contribution is 7.90. The average Bonchev–Trinajstić information content (AvgIpc) is 2.26. The average molecular weight is 273 g/mol. The maximum Gasteiger partial charge on any atom is 0.160 e. The van der Waals surface area contributed by atoms with Gasteiger partial charge in [0.2, 0.25) is 0 Å². The molecule has 1 atom stereocenters. The molecule has 0 amide bonds. The van der Waals surface area contributed by atoms with Gasteiger partial charge in [-0.25, -0.2) is 8.42 Å². The Hall–Kier alpha value is -1.27. The van der Waals surface area contributed by atoms with Crippen LogP contribution < -0.4 is 15.2 Å². The minimum Gasteiger partial charge on any atom is -0.493 e. The van der Waals surface area contributed by atoms with E-state index >= 15 is 0 Å². The SMILES string of the molecule is COc1ccc(CC(N)CS(C)(=O)=O)cc1OC. The molecule has 0 aliphatic carbocycles. The third-order valence-electron chi connectivity index (χ3n) is 2.46. The summed E-state index contributed by atoms with van der Waals surface area (Å²) in [5, 5.41) is 0. The van der Waals surface area contributed by atoms with Gasteiger partial charge in [0, 0.05) is 12.3 Å². The number of sulfone groups is 1. The molecule has 102 valence electrons. The smallest absolute Gasteiger partial charge is 0.160 e. The molecule has 2 N–H and O–H groups in total. The molecule has 6 heteroatoms. The van der Waals surface area contributed by atoms with Crippen LogP contribution in [-0.2, 0) is 16.3 Å². The summed E-state index contributed by atoms with van der Waals surface area (Å²) < 4.78 is 32.6. The molecule has 5 nitrogen and oxygen atoms in total.